The van der Waals surface area contributed by atoms with Gasteiger partial charge in [0.05, 0.1) is 21.5 Å². The van der Waals surface area contributed by atoms with Gasteiger partial charge in [0.25, 0.3) is 11.6 Å². The number of nitrogens with zero attached hydrogens (tertiary/aromatic N) is 3. The molecule has 0 saturated carbocycles. The zero-order valence-corrected chi connectivity index (χ0v) is 14.3. The van der Waals surface area contributed by atoms with E-state index in [0.717, 1.165) is 6.07 Å². The SMILES string of the molecule is O=C(COC(=O)c1ccc2nccnc2c1)Nc1ccc(Cl)c([N+](=O)[O-])c1. The highest BCUT2D eigenvalue weighted by Crippen LogP contribution is 2.27. The molecule has 0 aliphatic carbocycles. The Morgan fingerprint density at radius 1 is 1.11 bits per heavy atom. The first kappa shape index (κ1) is 18.2. The average Bonchev–Trinajstić information content (AvgIpc) is 2.67. The Labute approximate surface area is 157 Å². The maximum atomic E-state index is 12.1. The lowest BCUT2D eigenvalue weighted by Crippen LogP contribution is -2.21. The van der Waals surface area contributed by atoms with Crippen molar-refractivity contribution in [2.45, 2.75) is 0 Å². The molecule has 10 heteroatoms. The second kappa shape index (κ2) is 7.75. The van der Waals surface area contributed by atoms with Crippen molar-refractivity contribution < 1.29 is 19.2 Å². The molecular formula is C17H11ClN4O5. The predicted molar refractivity (Wildman–Crippen MR) is 96.6 cm³/mol. The van der Waals surface area contributed by atoms with Crippen molar-refractivity contribution in [3.8, 4) is 0 Å². The van der Waals surface area contributed by atoms with E-state index in [-0.39, 0.29) is 22.0 Å². The number of ether oxygens (including phenoxy) is 1. The fraction of sp³-hybridized carbons (Fsp3) is 0.0588. The van der Waals surface area contributed by atoms with Gasteiger partial charge in [-0.2, -0.15) is 0 Å². The Hall–Kier alpha value is -3.59. The van der Waals surface area contributed by atoms with Gasteiger partial charge in [0.1, 0.15) is 5.02 Å². The number of nitro groups is 1. The first-order valence-corrected chi connectivity index (χ1v) is 7.93. The van der Waals surface area contributed by atoms with Crippen molar-refractivity contribution in [2.24, 2.45) is 0 Å². The second-order valence-electron chi connectivity index (χ2n) is 5.31. The molecule has 3 rings (SSSR count). The predicted octanol–water partition coefficient (Wildman–Crippen LogP) is 2.99. The molecule has 136 valence electrons. The third kappa shape index (κ3) is 4.33. The number of rotatable bonds is 5. The van der Waals surface area contributed by atoms with Crippen LogP contribution in [0.15, 0.2) is 48.8 Å². The number of carbonyl (C=O) groups is 2. The van der Waals surface area contributed by atoms with Crippen LogP contribution in [0.2, 0.25) is 5.02 Å². The van der Waals surface area contributed by atoms with Gasteiger partial charge in [-0.3, -0.25) is 24.9 Å². The lowest BCUT2D eigenvalue weighted by Gasteiger charge is -2.07. The van der Waals surface area contributed by atoms with Gasteiger partial charge in [-0.25, -0.2) is 4.79 Å². The molecule has 2 aromatic carbocycles. The van der Waals surface area contributed by atoms with Crippen LogP contribution in [0.1, 0.15) is 10.4 Å². The van der Waals surface area contributed by atoms with E-state index < -0.39 is 23.4 Å². The van der Waals surface area contributed by atoms with Gasteiger partial charge in [-0.1, -0.05) is 11.6 Å². The van der Waals surface area contributed by atoms with Crippen molar-refractivity contribution in [2.75, 3.05) is 11.9 Å². The number of esters is 1. The van der Waals surface area contributed by atoms with Crippen LogP contribution in [-0.4, -0.2) is 33.4 Å². The molecule has 0 spiro atoms. The summed E-state index contributed by atoms with van der Waals surface area (Å²) in [7, 11) is 0. The number of aromatic nitrogens is 2. The summed E-state index contributed by atoms with van der Waals surface area (Å²) in [6.45, 7) is -0.562. The van der Waals surface area contributed by atoms with Crippen molar-refractivity contribution >= 4 is 45.9 Å². The van der Waals surface area contributed by atoms with Crippen LogP contribution in [0, 0.1) is 10.1 Å². The minimum atomic E-state index is -0.709. The molecule has 0 fully saturated rings. The summed E-state index contributed by atoms with van der Waals surface area (Å²) in [6.07, 6.45) is 3.03. The Kier molecular flexibility index (Phi) is 5.23. The summed E-state index contributed by atoms with van der Waals surface area (Å²) < 4.78 is 4.95. The molecule has 0 unspecified atom stereocenters. The fourth-order valence-corrected chi connectivity index (χ4v) is 2.42. The summed E-state index contributed by atoms with van der Waals surface area (Å²) in [6, 6.07) is 8.44. The number of halogens is 1. The van der Waals surface area contributed by atoms with Crippen LogP contribution in [0.5, 0.6) is 0 Å². The van der Waals surface area contributed by atoms with Gasteiger partial charge >= 0.3 is 5.97 Å². The van der Waals surface area contributed by atoms with Gasteiger partial charge in [-0.05, 0) is 30.3 Å². The molecule has 9 nitrogen and oxygen atoms in total. The zero-order chi connectivity index (χ0) is 19.4. The molecule has 3 aromatic rings. The van der Waals surface area contributed by atoms with Crippen LogP contribution in [0.25, 0.3) is 11.0 Å². The molecule has 1 N–H and O–H groups in total. The molecule has 0 bridgehead atoms. The zero-order valence-electron chi connectivity index (χ0n) is 13.6. The Morgan fingerprint density at radius 3 is 2.59 bits per heavy atom. The summed E-state index contributed by atoms with van der Waals surface area (Å²) >= 11 is 5.71. The number of fused-ring (bicyclic) bond motifs is 1. The molecule has 0 radical (unpaired) electrons. The Morgan fingerprint density at radius 2 is 1.85 bits per heavy atom. The van der Waals surface area contributed by atoms with E-state index in [1.54, 1.807) is 6.07 Å². The molecule has 1 aromatic heterocycles. The number of hydrogen-bond donors (Lipinski definition) is 1. The lowest BCUT2D eigenvalue weighted by atomic mass is 10.2. The van der Waals surface area contributed by atoms with E-state index in [1.165, 1.54) is 36.7 Å². The average molecular weight is 387 g/mol. The van der Waals surface area contributed by atoms with Gasteiger partial charge < -0.3 is 10.1 Å². The number of nitrogens with one attached hydrogen (secondary N) is 1. The number of benzene rings is 2. The maximum absolute atomic E-state index is 12.1. The molecule has 0 saturated heterocycles. The standard InChI is InChI=1S/C17H11ClN4O5/c18-12-3-2-11(8-15(12)22(25)26)21-16(23)9-27-17(24)10-1-4-13-14(7-10)20-6-5-19-13/h1-8H,9H2,(H,21,23). The third-order valence-corrected chi connectivity index (χ3v) is 3.79. The van der Waals surface area contributed by atoms with Gasteiger partial charge in [0.15, 0.2) is 6.61 Å². The number of amides is 1. The summed E-state index contributed by atoms with van der Waals surface area (Å²) in [5.41, 5.74) is 1.18. The fourth-order valence-electron chi connectivity index (χ4n) is 2.23. The third-order valence-electron chi connectivity index (χ3n) is 3.47. The summed E-state index contributed by atoms with van der Waals surface area (Å²) in [5.74, 6) is -1.36. The molecule has 27 heavy (non-hydrogen) atoms. The van der Waals surface area contributed by atoms with Crippen molar-refractivity contribution in [3.63, 3.8) is 0 Å². The molecule has 0 aliphatic heterocycles. The van der Waals surface area contributed by atoms with Crippen LogP contribution >= 0.6 is 11.6 Å². The van der Waals surface area contributed by atoms with Crippen LogP contribution < -0.4 is 5.32 Å². The van der Waals surface area contributed by atoms with Crippen molar-refractivity contribution in [1.82, 2.24) is 9.97 Å². The highest BCUT2D eigenvalue weighted by molar-refractivity contribution is 6.32. The Bertz CT molecular complexity index is 1060. The molecule has 0 aliphatic rings. The summed E-state index contributed by atoms with van der Waals surface area (Å²) in [5, 5.41) is 13.2. The van der Waals surface area contributed by atoms with Gasteiger partial charge in [-0.15, -0.1) is 0 Å². The minimum absolute atomic E-state index is 0.0520. The van der Waals surface area contributed by atoms with E-state index >= 15 is 0 Å². The lowest BCUT2D eigenvalue weighted by molar-refractivity contribution is -0.384. The Balaban J connectivity index is 1.62. The number of nitro benzene ring substituents is 1. The van der Waals surface area contributed by atoms with E-state index in [4.69, 9.17) is 16.3 Å². The first-order chi connectivity index (χ1) is 12.9. The topological polar surface area (TPSA) is 124 Å². The van der Waals surface area contributed by atoms with Crippen molar-refractivity contribution in [3.05, 3.63) is 69.5 Å². The number of carbonyl (C=O) groups excluding carboxylic acids is 2. The maximum Gasteiger partial charge on any atom is 0.338 e. The quantitative estimate of drug-likeness (QED) is 0.406. The van der Waals surface area contributed by atoms with Crippen LogP contribution in [-0.2, 0) is 9.53 Å². The monoisotopic (exact) mass is 386 g/mol. The molecule has 0 atom stereocenters. The highest BCUT2D eigenvalue weighted by atomic mass is 35.5. The molecule has 1 amide bonds. The van der Waals surface area contributed by atoms with E-state index in [9.17, 15) is 19.7 Å². The first-order valence-electron chi connectivity index (χ1n) is 7.56. The van der Waals surface area contributed by atoms with Gasteiger partial charge in [0, 0.05) is 24.1 Å². The van der Waals surface area contributed by atoms with Crippen LogP contribution in [0.4, 0.5) is 11.4 Å². The summed E-state index contributed by atoms with van der Waals surface area (Å²) in [4.78, 5) is 42.4. The molecule has 1 heterocycles. The minimum Gasteiger partial charge on any atom is -0.452 e. The van der Waals surface area contributed by atoms with Crippen molar-refractivity contribution in [1.29, 1.82) is 0 Å². The normalized spacial score (nSPS) is 10.4. The largest absolute Gasteiger partial charge is 0.452 e. The highest BCUT2D eigenvalue weighted by Gasteiger charge is 2.15. The number of hydrogen-bond acceptors (Lipinski definition) is 7. The number of anilines is 1. The van der Waals surface area contributed by atoms with E-state index in [2.05, 4.69) is 15.3 Å². The van der Waals surface area contributed by atoms with Crippen LogP contribution in [0.3, 0.4) is 0 Å². The van der Waals surface area contributed by atoms with E-state index in [1.807, 2.05) is 0 Å². The van der Waals surface area contributed by atoms with E-state index in [0.29, 0.717) is 11.0 Å². The second-order valence-corrected chi connectivity index (χ2v) is 5.71. The molecular weight excluding hydrogens is 376 g/mol. The smallest absolute Gasteiger partial charge is 0.338 e. The van der Waals surface area contributed by atoms with Gasteiger partial charge in [0.2, 0.25) is 0 Å².